The zero-order valence-electron chi connectivity index (χ0n) is 12.3. The minimum absolute atomic E-state index is 0.316. The number of nitrogens with zero attached hydrogens (tertiary/aromatic N) is 3. The van der Waals surface area contributed by atoms with E-state index in [-0.39, 0.29) is 5.97 Å². The smallest absolute Gasteiger partial charge is 0.335 e. The van der Waals surface area contributed by atoms with E-state index in [1.54, 1.807) is 4.68 Å². The van der Waals surface area contributed by atoms with Gasteiger partial charge in [-0.1, -0.05) is 54.6 Å². The first-order valence-electron chi connectivity index (χ1n) is 7.32. The molecule has 0 bridgehead atoms. The van der Waals surface area contributed by atoms with E-state index in [4.69, 9.17) is 4.74 Å². The summed E-state index contributed by atoms with van der Waals surface area (Å²) in [6.07, 6.45) is 0.783. The topological polar surface area (TPSA) is 57.0 Å². The molecule has 0 aliphatic rings. The first-order chi connectivity index (χ1) is 10.8. The summed E-state index contributed by atoms with van der Waals surface area (Å²) in [5.41, 5.74) is 2.40. The van der Waals surface area contributed by atoms with Gasteiger partial charge in [-0.3, -0.25) is 0 Å². The van der Waals surface area contributed by atoms with Gasteiger partial charge in [0.1, 0.15) is 5.52 Å². The van der Waals surface area contributed by atoms with Crippen LogP contribution in [0.5, 0.6) is 0 Å². The number of rotatable bonds is 5. The summed E-state index contributed by atoms with van der Waals surface area (Å²) in [5, 5.41) is 8.30. The predicted molar refractivity (Wildman–Crippen MR) is 83.4 cm³/mol. The van der Waals surface area contributed by atoms with Crippen LogP contribution in [0.1, 0.15) is 24.9 Å². The fourth-order valence-electron chi connectivity index (χ4n) is 2.37. The molecule has 5 heteroatoms. The molecule has 112 valence electrons. The van der Waals surface area contributed by atoms with Crippen molar-refractivity contribution in [2.24, 2.45) is 0 Å². The number of carbonyl (C=O) groups is 1. The molecule has 0 amide bonds. The average molecular weight is 295 g/mol. The highest BCUT2D eigenvalue weighted by Crippen LogP contribution is 2.23. The van der Waals surface area contributed by atoms with Crippen molar-refractivity contribution >= 4 is 17.0 Å². The second-order valence-electron chi connectivity index (χ2n) is 5.00. The average Bonchev–Trinajstić information content (AvgIpc) is 2.98. The molecule has 2 aromatic carbocycles. The van der Waals surface area contributed by atoms with Crippen LogP contribution in [0.3, 0.4) is 0 Å². The minimum atomic E-state index is -0.625. The van der Waals surface area contributed by atoms with Crippen LogP contribution in [0.4, 0.5) is 0 Å². The van der Waals surface area contributed by atoms with Crippen LogP contribution >= 0.6 is 0 Å². The van der Waals surface area contributed by atoms with Gasteiger partial charge in [-0.2, -0.15) is 0 Å². The van der Waals surface area contributed by atoms with Crippen LogP contribution in [0.15, 0.2) is 54.6 Å². The van der Waals surface area contributed by atoms with Gasteiger partial charge in [0.05, 0.1) is 12.1 Å². The van der Waals surface area contributed by atoms with Crippen LogP contribution < -0.4 is 0 Å². The molecule has 0 aliphatic heterocycles. The van der Waals surface area contributed by atoms with E-state index < -0.39 is 6.04 Å². The van der Waals surface area contributed by atoms with Gasteiger partial charge < -0.3 is 4.74 Å². The lowest BCUT2D eigenvalue weighted by molar-refractivity contribution is -0.146. The standard InChI is InChI=1S/C17H17N3O2/c1-2-12-22-17(21)16(13-8-4-3-5-9-13)20-15-11-7-6-10-14(15)18-19-20/h3-11,16H,2,12H2,1H3. The molecule has 1 unspecified atom stereocenters. The first-order valence-corrected chi connectivity index (χ1v) is 7.32. The summed E-state index contributed by atoms with van der Waals surface area (Å²) in [4.78, 5) is 12.5. The summed E-state index contributed by atoms with van der Waals surface area (Å²) in [5.74, 6) is -0.316. The van der Waals surface area contributed by atoms with E-state index in [1.165, 1.54) is 0 Å². The summed E-state index contributed by atoms with van der Waals surface area (Å²) in [6.45, 7) is 2.37. The van der Waals surface area contributed by atoms with E-state index in [0.29, 0.717) is 6.61 Å². The zero-order chi connectivity index (χ0) is 15.4. The molecule has 0 spiro atoms. The maximum atomic E-state index is 12.5. The van der Waals surface area contributed by atoms with Gasteiger partial charge in [-0.05, 0) is 24.1 Å². The number of ether oxygens (including phenoxy) is 1. The number of fused-ring (bicyclic) bond motifs is 1. The second kappa shape index (κ2) is 6.39. The number of para-hydroxylation sites is 1. The molecular formula is C17H17N3O2. The number of aromatic nitrogens is 3. The highest BCUT2D eigenvalue weighted by atomic mass is 16.5. The summed E-state index contributed by atoms with van der Waals surface area (Å²) in [7, 11) is 0. The maximum absolute atomic E-state index is 12.5. The molecule has 0 aliphatic carbocycles. The van der Waals surface area contributed by atoms with Crippen molar-refractivity contribution in [2.45, 2.75) is 19.4 Å². The third kappa shape index (κ3) is 2.70. The summed E-state index contributed by atoms with van der Waals surface area (Å²) >= 11 is 0. The third-order valence-corrected chi connectivity index (χ3v) is 3.41. The van der Waals surface area contributed by atoms with E-state index in [2.05, 4.69) is 10.3 Å². The Labute approximate surface area is 128 Å². The van der Waals surface area contributed by atoms with Gasteiger partial charge in [0.2, 0.25) is 0 Å². The van der Waals surface area contributed by atoms with Gasteiger partial charge >= 0.3 is 5.97 Å². The Morgan fingerprint density at radius 1 is 1.14 bits per heavy atom. The third-order valence-electron chi connectivity index (χ3n) is 3.41. The van der Waals surface area contributed by atoms with Gasteiger partial charge in [-0.25, -0.2) is 9.48 Å². The Balaban J connectivity index is 2.07. The number of carbonyl (C=O) groups excluding carboxylic acids is 1. The number of benzene rings is 2. The van der Waals surface area contributed by atoms with E-state index in [0.717, 1.165) is 23.0 Å². The lowest BCUT2D eigenvalue weighted by Gasteiger charge is -2.17. The SMILES string of the molecule is CCCOC(=O)C(c1ccccc1)n1nnc2ccccc21. The molecule has 1 atom stereocenters. The fraction of sp³-hybridized carbons (Fsp3) is 0.235. The normalized spacial score (nSPS) is 12.2. The lowest BCUT2D eigenvalue weighted by atomic mass is 10.1. The molecule has 22 heavy (non-hydrogen) atoms. The number of esters is 1. The van der Waals surface area contributed by atoms with Crippen molar-refractivity contribution < 1.29 is 9.53 Å². The van der Waals surface area contributed by atoms with Crippen molar-refractivity contribution in [3.63, 3.8) is 0 Å². The Morgan fingerprint density at radius 2 is 1.86 bits per heavy atom. The highest BCUT2D eigenvalue weighted by molar-refractivity contribution is 5.82. The van der Waals surface area contributed by atoms with Crippen molar-refractivity contribution in [1.82, 2.24) is 15.0 Å². The molecule has 1 aromatic heterocycles. The van der Waals surface area contributed by atoms with Crippen LogP contribution in [-0.4, -0.2) is 27.6 Å². The molecule has 0 saturated heterocycles. The molecule has 3 rings (SSSR count). The van der Waals surface area contributed by atoms with Crippen LogP contribution in [0.2, 0.25) is 0 Å². The van der Waals surface area contributed by atoms with Crippen LogP contribution in [0.25, 0.3) is 11.0 Å². The molecule has 0 N–H and O–H groups in total. The monoisotopic (exact) mass is 295 g/mol. The van der Waals surface area contributed by atoms with Crippen molar-refractivity contribution in [3.05, 3.63) is 60.2 Å². The first kappa shape index (κ1) is 14.3. The molecule has 0 saturated carbocycles. The van der Waals surface area contributed by atoms with Crippen LogP contribution in [-0.2, 0) is 9.53 Å². The van der Waals surface area contributed by atoms with Gasteiger partial charge in [-0.15, -0.1) is 5.10 Å². The molecule has 3 aromatic rings. The second-order valence-corrected chi connectivity index (χ2v) is 5.00. The van der Waals surface area contributed by atoms with Crippen molar-refractivity contribution in [1.29, 1.82) is 0 Å². The summed E-state index contributed by atoms with van der Waals surface area (Å²) < 4.78 is 6.98. The Kier molecular flexibility index (Phi) is 4.14. The Morgan fingerprint density at radius 3 is 2.64 bits per heavy atom. The quantitative estimate of drug-likeness (QED) is 0.679. The van der Waals surface area contributed by atoms with Crippen LogP contribution in [0, 0.1) is 0 Å². The van der Waals surface area contributed by atoms with Crippen molar-refractivity contribution in [2.75, 3.05) is 6.61 Å². The summed E-state index contributed by atoms with van der Waals surface area (Å²) in [6, 6.07) is 16.5. The largest absolute Gasteiger partial charge is 0.464 e. The number of hydrogen-bond donors (Lipinski definition) is 0. The molecular weight excluding hydrogens is 278 g/mol. The molecule has 1 heterocycles. The van der Waals surface area contributed by atoms with E-state index in [1.807, 2.05) is 61.5 Å². The van der Waals surface area contributed by atoms with Gasteiger partial charge in [0, 0.05) is 0 Å². The highest BCUT2D eigenvalue weighted by Gasteiger charge is 2.26. The fourth-order valence-corrected chi connectivity index (χ4v) is 2.37. The predicted octanol–water partition coefficient (Wildman–Crippen LogP) is 2.97. The van der Waals surface area contributed by atoms with Crippen molar-refractivity contribution in [3.8, 4) is 0 Å². The minimum Gasteiger partial charge on any atom is -0.464 e. The molecule has 0 fully saturated rings. The molecule has 5 nitrogen and oxygen atoms in total. The van der Waals surface area contributed by atoms with E-state index >= 15 is 0 Å². The van der Waals surface area contributed by atoms with Gasteiger partial charge in [0.25, 0.3) is 0 Å². The van der Waals surface area contributed by atoms with Gasteiger partial charge in [0.15, 0.2) is 6.04 Å². The maximum Gasteiger partial charge on any atom is 0.335 e. The Hall–Kier alpha value is -2.69. The molecule has 0 radical (unpaired) electrons. The zero-order valence-corrected chi connectivity index (χ0v) is 12.3. The lowest BCUT2D eigenvalue weighted by Crippen LogP contribution is -2.24. The van der Waals surface area contributed by atoms with E-state index in [9.17, 15) is 4.79 Å². The Bertz CT molecular complexity index is 768. The number of hydrogen-bond acceptors (Lipinski definition) is 4.